The lowest BCUT2D eigenvalue weighted by Gasteiger charge is -2.14. The maximum absolute atomic E-state index is 12.1. The summed E-state index contributed by atoms with van der Waals surface area (Å²) in [5, 5.41) is 2.80. The Morgan fingerprint density at radius 2 is 1.73 bits per heavy atom. The van der Waals surface area contributed by atoms with Crippen molar-refractivity contribution in [2.24, 2.45) is 0 Å². The number of anilines is 1. The molecule has 4 nitrogen and oxygen atoms in total. The first-order valence-corrected chi connectivity index (χ1v) is 7.15. The molecule has 116 valence electrons. The molecule has 1 N–H and O–H groups in total. The Bertz CT molecular complexity index is 680. The monoisotopic (exact) mass is 299 g/mol. The quantitative estimate of drug-likeness (QED) is 0.917. The summed E-state index contributed by atoms with van der Waals surface area (Å²) in [6, 6.07) is 11.3. The van der Waals surface area contributed by atoms with Crippen LogP contribution in [0.2, 0.25) is 0 Å². The average Bonchev–Trinajstić information content (AvgIpc) is 2.51. The summed E-state index contributed by atoms with van der Waals surface area (Å²) in [5.74, 6) is 1.18. The van der Waals surface area contributed by atoms with Crippen molar-refractivity contribution in [3.05, 3.63) is 53.1 Å². The van der Waals surface area contributed by atoms with Gasteiger partial charge in [-0.05, 0) is 49.6 Å². The number of benzene rings is 2. The highest BCUT2D eigenvalue weighted by atomic mass is 16.5. The second kappa shape index (κ2) is 6.98. The van der Waals surface area contributed by atoms with Crippen molar-refractivity contribution >= 4 is 11.6 Å². The fraction of sp³-hybridized carbons (Fsp3) is 0.278. The smallest absolute Gasteiger partial charge is 0.262 e. The summed E-state index contributed by atoms with van der Waals surface area (Å²) in [6.45, 7) is 5.95. The summed E-state index contributed by atoms with van der Waals surface area (Å²) in [6.07, 6.45) is 0. The molecule has 2 rings (SSSR count). The topological polar surface area (TPSA) is 47.6 Å². The van der Waals surface area contributed by atoms with Crippen LogP contribution < -0.4 is 14.8 Å². The number of carbonyl (C=O) groups excluding carboxylic acids is 1. The predicted molar refractivity (Wildman–Crippen MR) is 87.8 cm³/mol. The SMILES string of the molecule is COc1ccccc1NC(=O)COc1c(C)ccc(C)c1C. The maximum Gasteiger partial charge on any atom is 0.262 e. The molecule has 0 atom stereocenters. The van der Waals surface area contributed by atoms with Crippen molar-refractivity contribution in [3.63, 3.8) is 0 Å². The van der Waals surface area contributed by atoms with Crippen LogP contribution >= 0.6 is 0 Å². The Kier molecular flexibility index (Phi) is 5.04. The molecule has 0 spiro atoms. The molecule has 0 aromatic heterocycles. The van der Waals surface area contributed by atoms with Gasteiger partial charge in [-0.2, -0.15) is 0 Å². The molecule has 0 radical (unpaired) electrons. The van der Waals surface area contributed by atoms with E-state index in [-0.39, 0.29) is 12.5 Å². The van der Waals surface area contributed by atoms with Crippen molar-refractivity contribution < 1.29 is 14.3 Å². The van der Waals surface area contributed by atoms with Gasteiger partial charge in [-0.3, -0.25) is 4.79 Å². The zero-order valence-electron chi connectivity index (χ0n) is 13.4. The first-order chi connectivity index (χ1) is 10.5. The van der Waals surface area contributed by atoms with E-state index in [0.717, 1.165) is 22.4 Å². The molecule has 0 unspecified atom stereocenters. The lowest BCUT2D eigenvalue weighted by atomic mass is 10.1. The van der Waals surface area contributed by atoms with Gasteiger partial charge in [-0.25, -0.2) is 0 Å². The maximum atomic E-state index is 12.1. The van der Waals surface area contributed by atoms with Crippen LogP contribution in [0.4, 0.5) is 5.69 Å². The predicted octanol–water partition coefficient (Wildman–Crippen LogP) is 3.64. The summed E-state index contributed by atoms with van der Waals surface area (Å²) in [4.78, 5) is 12.1. The van der Waals surface area contributed by atoms with Gasteiger partial charge in [0.1, 0.15) is 11.5 Å². The molecule has 1 amide bonds. The molecule has 2 aromatic carbocycles. The zero-order valence-corrected chi connectivity index (χ0v) is 13.4. The lowest BCUT2D eigenvalue weighted by Crippen LogP contribution is -2.21. The molecule has 4 heteroatoms. The van der Waals surface area contributed by atoms with E-state index in [1.165, 1.54) is 0 Å². The Labute approximate surface area is 131 Å². The number of methoxy groups -OCH3 is 1. The Balaban J connectivity index is 2.03. The normalized spacial score (nSPS) is 10.2. The molecule has 22 heavy (non-hydrogen) atoms. The minimum atomic E-state index is -0.218. The van der Waals surface area contributed by atoms with E-state index < -0.39 is 0 Å². The van der Waals surface area contributed by atoms with Crippen LogP contribution in [0, 0.1) is 20.8 Å². The van der Waals surface area contributed by atoms with Crippen molar-refractivity contribution in [1.82, 2.24) is 0 Å². The van der Waals surface area contributed by atoms with E-state index in [1.54, 1.807) is 19.2 Å². The third-order valence-corrected chi connectivity index (χ3v) is 3.60. The number of para-hydroxylation sites is 2. The average molecular weight is 299 g/mol. The number of aryl methyl sites for hydroxylation is 2. The zero-order chi connectivity index (χ0) is 16.1. The first-order valence-electron chi connectivity index (χ1n) is 7.15. The van der Waals surface area contributed by atoms with Crippen molar-refractivity contribution in [2.45, 2.75) is 20.8 Å². The number of carbonyl (C=O) groups is 1. The fourth-order valence-corrected chi connectivity index (χ4v) is 2.22. The van der Waals surface area contributed by atoms with Gasteiger partial charge in [-0.1, -0.05) is 24.3 Å². The summed E-state index contributed by atoms with van der Waals surface area (Å²) < 4.78 is 10.9. The molecule has 0 fully saturated rings. The van der Waals surface area contributed by atoms with E-state index in [1.807, 2.05) is 45.0 Å². The van der Waals surface area contributed by atoms with Crippen LogP contribution in [0.5, 0.6) is 11.5 Å². The summed E-state index contributed by atoms with van der Waals surface area (Å²) in [7, 11) is 1.57. The number of ether oxygens (including phenoxy) is 2. The van der Waals surface area contributed by atoms with Gasteiger partial charge in [0.2, 0.25) is 0 Å². The number of hydrogen-bond acceptors (Lipinski definition) is 3. The van der Waals surface area contributed by atoms with Crippen LogP contribution in [0.3, 0.4) is 0 Å². The highest BCUT2D eigenvalue weighted by Gasteiger charge is 2.11. The van der Waals surface area contributed by atoms with E-state index in [0.29, 0.717) is 11.4 Å². The van der Waals surface area contributed by atoms with Crippen LogP contribution in [-0.2, 0) is 4.79 Å². The van der Waals surface area contributed by atoms with E-state index in [4.69, 9.17) is 9.47 Å². The highest BCUT2D eigenvalue weighted by Crippen LogP contribution is 2.26. The minimum absolute atomic E-state index is 0.0385. The molecule has 0 aliphatic carbocycles. The molecule has 0 saturated heterocycles. The Hall–Kier alpha value is -2.49. The number of hydrogen-bond donors (Lipinski definition) is 1. The molecule has 0 heterocycles. The fourth-order valence-electron chi connectivity index (χ4n) is 2.22. The van der Waals surface area contributed by atoms with E-state index >= 15 is 0 Å². The summed E-state index contributed by atoms with van der Waals surface area (Å²) >= 11 is 0. The van der Waals surface area contributed by atoms with Gasteiger partial charge >= 0.3 is 0 Å². The van der Waals surface area contributed by atoms with Crippen molar-refractivity contribution in [2.75, 3.05) is 19.0 Å². The van der Waals surface area contributed by atoms with Gasteiger partial charge in [0.05, 0.1) is 12.8 Å². The number of nitrogens with one attached hydrogen (secondary N) is 1. The van der Waals surface area contributed by atoms with Crippen LogP contribution in [-0.4, -0.2) is 19.6 Å². The Morgan fingerprint density at radius 1 is 1.05 bits per heavy atom. The second-order valence-corrected chi connectivity index (χ2v) is 5.19. The molecular weight excluding hydrogens is 278 g/mol. The van der Waals surface area contributed by atoms with Gasteiger partial charge in [0, 0.05) is 0 Å². The number of rotatable bonds is 5. The Morgan fingerprint density at radius 3 is 2.45 bits per heavy atom. The second-order valence-electron chi connectivity index (χ2n) is 5.19. The molecule has 0 bridgehead atoms. The van der Waals surface area contributed by atoms with E-state index in [9.17, 15) is 4.79 Å². The molecule has 2 aromatic rings. The molecular formula is C18H21NO3. The van der Waals surface area contributed by atoms with Gasteiger partial charge in [0.25, 0.3) is 5.91 Å². The van der Waals surface area contributed by atoms with Gasteiger partial charge in [0.15, 0.2) is 6.61 Å². The first kappa shape index (κ1) is 15.9. The molecule has 0 aliphatic rings. The third kappa shape index (κ3) is 3.58. The third-order valence-electron chi connectivity index (χ3n) is 3.60. The van der Waals surface area contributed by atoms with Gasteiger partial charge < -0.3 is 14.8 Å². The van der Waals surface area contributed by atoms with Crippen molar-refractivity contribution in [3.8, 4) is 11.5 Å². The highest BCUT2D eigenvalue weighted by molar-refractivity contribution is 5.93. The van der Waals surface area contributed by atoms with Crippen LogP contribution in [0.1, 0.15) is 16.7 Å². The molecule has 0 saturated carbocycles. The van der Waals surface area contributed by atoms with Gasteiger partial charge in [-0.15, -0.1) is 0 Å². The minimum Gasteiger partial charge on any atom is -0.495 e. The van der Waals surface area contributed by atoms with E-state index in [2.05, 4.69) is 5.32 Å². The van der Waals surface area contributed by atoms with Crippen LogP contribution in [0.25, 0.3) is 0 Å². The molecule has 0 aliphatic heterocycles. The standard InChI is InChI=1S/C18H21NO3/c1-12-9-10-13(2)18(14(12)3)22-11-17(20)19-15-7-5-6-8-16(15)21-4/h5-10H,11H2,1-4H3,(H,19,20). The lowest BCUT2D eigenvalue weighted by molar-refractivity contribution is -0.118. The van der Waals surface area contributed by atoms with Crippen LogP contribution in [0.15, 0.2) is 36.4 Å². The van der Waals surface area contributed by atoms with Crippen molar-refractivity contribution in [1.29, 1.82) is 0 Å². The summed E-state index contributed by atoms with van der Waals surface area (Å²) in [5.41, 5.74) is 3.86. The largest absolute Gasteiger partial charge is 0.495 e. The number of amides is 1.